The van der Waals surface area contributed by atoms with Gasteiger partial charge >= 0.3 is 0 Å². The summed E-state index contributed by atoms with van der Waals surface area (Å²) in [4.78, 5) is 0. The van der Waals surface area contributed by atoms with E-state index >= 15 is 0 Å². The summed E-state index contributed by atoms with van der Waals surface area (Å²) in [5, 5.41) is 7.61. The molecule has 1 aliphatic carbocycles. The monoisotopic (exact) mass is 760 g/mol. The number of aromatic nitrogens is 2. The molecule has 2 heterocycles. The summed E-state index contributed by atoms with van der Waals surface area (Å²) in [5.41, 5.74) is 19.7. The van der Waals surface area contributed by atoms with Crippen molar-refractivity contribution in [1.29, 1.82) is 0 Å². The lowest BCUT2D eigenvalue weighted by Crippen LogP contribution is -1.96. The Hall–Kier alpha value is -7.94. The molecule has 278 valence electrons. The molecule has 2 heteroatoms. The van der Waals surface area contributed by atoms with E-state index in [-0.39, 0.29) is 0 Å². The zero-order chi connectivity index (χ0) is 39.3. The van der Waals surface area contributed by atoms with E-state index < -0.39 is 0 Å². The Labute approximate surface area is 347 Å². The predicted octanol–water partition coefficient (Wildman–Crippen LogP) is 15.7. The fourth-order valence-corrected chi connectivity index (χ4v) is 10.2. The van der Waals surface area contributed by atoms with Crippen LogP contribution in [0.3, 0.4) is 0 Å². The average Bonchev–Trinajstić information content (AvgIpc) is 3.96. The van der Waals surface area contributed by atoms with Crippen LogP contribution in [0.15, 0.2) is 218 Å². The van der Waals surface area contributed by atoms with E-state index in [0.717, 1.165) is 5.69 Å². The molecule has 0 atom stereocenters. The van der Waals surface area contributed by atoms with E-state index in [1.165, 1.54) is 116 Å². The van der Waals surface area contributed by atoms with Crippen LogP contribution in [0, 0.1) is 0 Å². The Morgan fingerprint density at radius 3 is 1.32 bits per heavy atom. The minimum absolute atomic E-state index is 1.15. The molecule has 0 saturated carbocycles. The van der Waals surface area contributed by atoms with Crippen LogP contribution in [0.5, 0.6) is 0 Å². The molecule has 2 aromatic heterocycles. The van der Waals surface area contributed by atoms with Crippen LogP contribution in [0.4, 0.5) is 0 Å². The standard InChI is InChI=1S/C58H36N2/c1-3-14-37(15-4-1)41-32-42(38-16-5-2-6-17-38)34-43(33-41)59-53-24-11-9-20-46(53)51-35-39(26-29-56(51)59)40-27-30-57-52(36-40)47-21-10-12-25-54(47)60(57)55-31-28-49-45-19-8-7-18-44(45)48-22-13-23-50(55)58(48)49/h1-36H. The summed E-state index contributed by atoms with van der Waals surface area (Å²) in [6, 6.07) is 80.5. The van der Waals surface area contributed by atoms with Crippen molar-refractivity contribution < 1.29 is 0 Å². The number of hydrogen-bond donors (Lipinski definition) is 0. The maximum atomic E-state index is 2.48. The Bertz CT molecular complexity index is 3610. The second kappa shape index (κ2) is 12.8. The highest BCUT2D eigenvalue weighted by molar-refractivity contribution is 6.19. The molecular formula is C58H36N2. The van der Waals surface area contributed by atoms with Gasteiger partial charge in [-0.2, -0.15) is 0 Å². The number of nitrogens with zero attached hydrogens (tertiary/aromatic N) is 2. The molecule has 0 N–H and O–H groups in total. The number of para-hydroxylation sites is 2. The van der Waals surface area contributed by atoms with Gasteiger partial charge in [-0.25, -0.2) is 0 Å². The van der Waals surface area contributed by atoms with Crippen molar-refractivity contribution in [2.24, 2.45) is 0 Å². The van der Waals surface area contributed by atoms with Gasteiger partial charge < -0.3 is 9.13 Å². The normalized spacial score (nSPS) is 12.0. The zero-order valence-corrected chi connectivity index (χ0v) is 32.7. The molecule has 2 nitrogen and oxygen atoms in total. The summed E-state index contributed by atoms with van der Waals surface area (Å²) < 4.78 is 4.92. The molecule has 1 aliphatic rings. The third-order valence-corrected chi connectivity index (χ3v) is 12.8. The molecule has 0 fully saturated rings. The Balaban J connectivity index is 0.985. The second-order valence-electron chi connectivity index (χ2n) is 16.1. The lowest BCUT2D eigenvalue weighted by Gasteiger charge is -2.14. The smallest absolute Gasteiger partial charge is 0.0541 e. The van der Waals surface area contributed by atoms with Gasteiger partial charge in [0.2, 0.25) is 0 Å². The van der Waals surface area contributed by atoms with Crippen LogP contribution < -0.4 is 0 Å². The van der Waals surface area contributed by atoms with Gasteiger partial charge in [-0.15, -0.1) is 0 Å². The van der Waals surface area contributed by atoms with Crippen LogP contribution >= 0.6 is 0 Å². The molecule has 0 spiro atoms. The highest BCUT2D eigenvalue weighted by Gasteiger charge is 2.24. The molecule has 0 unspecified atom stereocenters. The van der Waals surface area contributed by atoms with E-state index in [4.69, 9.17) is 0 Å². The van der Waals surface area contributed by atoms with Gasteiger partial charge in [-0.05, 0) is 122 Å². The highest BCUT2D eigenvalue weighted by atomic mass is 15.0. The highest BCUT2D eigenvalue weighted by Crippen LogP contribution is 2.49. The van der Waals surface area contributed by atoms with E-state index in [0.29, 0.717) is 0 Å². The van der Waals surface area contributed by atoms with Gasteiger partial charge in [0, 0.05) is 32.6 Å². The molecule has 60 heavy (non-hydrogen) atoms. The van der Waals surface area contributed by atoms with E-state index in [9.17, 15) is 0 Å². The van der Waals surface area contributed by atoms with E-state index in [1.807, 2.05) is 0 Å². The summed E-state index contributed by atoms with van der Waals surface area (Å²) >= 11 is 0. The van der Waals surface area contributed by atoms with Crippen molar-refractivity contribution in [1.82, 2.24) is 9.13 Å². The summed E-state index contributed by atoms with van der Waals surface area (Å²) in [5.74, 6) is 0. The van der Waals surface area contributed by atoms with Crippen LogP contribution in [-0.4, -0.2) is 9.13 Å². The molecule has 12 aromatic rings. The number of rotatable bonds is 5. The third-order valence-electron chi connectivity index (χ3n) is 12.8. The first-order chi connectivity index (χ1) is 29.8. The molecule has 0 aliphatic heterocycles. The Morgan fingerprint density at radius 2 is 0.700 bits per heavy atom. The Morgan fingerprint density at radius 1 is 0.233 bits per heavy atom. The largest absolute Gasteiger partial charge is 0.309 e. The predicted molar refractivity (Wildman–Crippen MR) is 253 cm³/mol. The van der Waals surface area contributed by atoms with E-state index in [2.05, 4.69) is 228 Å². The first-order valence-corrected chi connectivity index (χ1v) is 20.8. The van der Waals surface area contributed by atoms with E-state index in [1.54, 1.807) is 0 Å². The first-order valence-electron chi connectivity index (χ1n) is 20.8. The van der Waals surface area contributed by atoms with Crippen LogP contribution in [0.25, 0.3) is 121 Å². The molecule has 13 rings (SSSR count). The van der Waals surface area contributed by atoms with Gasteiger partial charge in [0.05, 0.1) is 27.8 Å². The van der Waals surface area contributed by atoms with Crippen molar-refractivity contribution in [2.75, 3.05) is 0 Å². The lowest BCUT2D eigenvalue weighted by atomic mass is 9.98. The van der Waals surface area contributed by atoms with Gasteiger partial charge in [-0.1, -0.05) is 158 Å². The molecule has 10 aromatic carbocycles. The van der Waals surface area contributed by atoms with Crippen molar-refractivity contribution in [3.63, 3.8) is 0 Å². The molecule has 0 amide bonds. The van der Waals surface area contributed by atoms with Gasteiger partial charge in [0.1, 0.15) is 0 Å². The zero-order valence-electron chi connectivity index (χ0n) is 32.7. The Kier molecular flexibility index (Phi) is 7.05. The average molecular weight is 761 g/mol. The quantitative estimate of drug-likeness (QED) is 0.165. The summed E-state index contributed by atoms with van der Waals surface area (Å²) in [6.45, 7) is 0. The number of hydrogen-bond acceptors (Lipinski definition) is 0. The van der Waals surface area contributed by atoms with Gasteiger partial charge in [-0.3, -0.25) is 0 Å². The van der Waals surface area contributed by atoms with Crippen molar-refractivity contribution in [2.45, 2.75) is 0 Å². The molecule has 0 saturated heterocycles. The van der Waals surface area contributed by atoms with Crippen LogP contribution in [0.2, 0.25) is 0 Å². The van der Waals surface area contributed by atoms with Crippen molar-refractivity contribution in [3.05, 3.63) is 218 Å². The molecular weight excluding hydrogens is 725 g/mol. The topological polar surface area (TPSA) is 9.86 Å². The number of benzene rings is 10. The molecule has 0 bridgehead atoms. The maximum absolute atomic E-state index is 2.48. The van der Waals surface area contributed by atoms with Gasteiger partial charge in [0.25, 0.3) is 0 Å². The maximum Gasteiger partial charge on any atom is 0.0541 e. The molecule has 0 radical (unpaired) electrons. The minimum Gasteiger partial charge on any atom is -0.309 e. The fourth-order valence-electron chi connectivity index (χ4n) is 10.2. The van der Waals surface area contributed by atoms with Crippen molar-refractivity contribution >= 4 is 54.4 Å². The first kappa shape index (κ1) is 33.1. The van der Waals surface area contributed by atoms with Crippen LogP contribution in [0.1, 0.15) is 0 Å². The summed E-state index contributed by atoms with van der Waals surface area (Å²) in [6.07, 6.45) is 0. The van der Waals surface area contributed by atoms with Crippen molar-refractivity contribution in [3.8, 4) is 67.0 Å². The van der Waals surface area contributed by atoms with Crippen LogP contribution in [-0.2, 0) is 0 Å². The summed E-state index contributed by atoms with van der Waals surface area (Å²) in [7, 11) is 0. The number of fused-ring (bicyclic) bond motifs is 9. The lowest BCUT2D eigenvalue weighted by molar-refractivity contribution is 1.18. The second-order valence-corrected chi connectivity index (χ2v) is 16.1. The van der Waals surface area contributed by atoms with Gasteiger partial charge in [0.15, 0.2) is 0 Å². The SMILES string of the molecule is c1ccc(-c2cc(-c3ccccc3)cc(-n3c4ccccc4c4cc(-c5ccc6c(c5)c5ccccc5n6-c5ccc6c7c(cccc57)-c5ccccc5-6)ccc43)c2)cc1. The minimum atomic E-state index is 1.15. The third kappa shape index (κ3) is 4.82. The fraction of sp³-hybridized carbons (Fsp3) is 0.